The standard InChI is InChI=1S/C19H21NO2/c21-19(20-13-15-7-2-1-3-8-15)14-22-18-12-6-10-16-9-4-5-11-17(16)18/h1-3,6-8,10,12H,4-5,9,11,13-14H2,(H,20,21). The fourth-order valence-corrected chi connectivity index (χ4v) is 2.87. The van der Waals surface area contributed by atoms with Crippen LogP contribution in [0, 0.1) is 0 Å². The second kappa shape index (κ2) is 7.12. The van der Waals surface area contributed by atoms with E-state index in [0.717, 1.165) is 24.2 Å². The van der Waals surface area contributed by atoms with Crippen LogP contribution in [0.5, 0.6) is 5.75 Å². The van der Waals surface area contributed by atoms with Gasteiger partial charge in [-0.1, -0.05) is 42.5 Å². The molecule has 0 bridgehead atoms. The van der Waals surface area contributed by atoms with Gasteiger partial charge in [0, 0.05) is 6.54 Å². The first-order chi connectivity index (χ1) is 10.8. The van der Waals surface area contributed by atoms with E-state index in [-0.39, 0.29) is 12.5 Å². The number of ether oxygens (including phenoxy) is 1. The summed E-state index contributed by atoms with van der Waals surface area (Å²) < 4.78 is 5.74. The van der Waals surface area contributed by atoms with E-state index < -0.39 is 0 Å². The number of hydrogen-bond donors (Lipinski definition) is 1. The molecule has 0 atom stereocenters. The third-order valence-corrected chi connectivity index (χ3v) is 4.04. The molecular weight excluding hydrogens is 274 g/mol. The van der Waals surface area contributed by atoms with Gasteiger partial charge in [-0.25, -0.2) is 0 Å². The smallest absolute Gasteiger partial charge is 0.258 e. The normalized spacial score (nSPS) is 13.3. The number of rotatable bonds is 5. The van der Waals surface area contributed by atoms with Crippen LogP contribution in [0.1, 0.15) is 29.5 Å². The number of fused-ring (bicyclic) bond motifs is 1. The molecule has 0 spiro atoms. The van der Waals surface area contributed by atoms with E-state index in [1.165, 1.54) is 24.0 Å². The molecule has 1 aliphatic rings. The largest absolute Gasteiger partial charge is 0.483 e. The third-order valence-electron chi connectivity index (χ3n) is 4.04. The van der Waals surface area contributed by atoms with E-state index in [1.54, 1.807) is 0 Å². The van der Waals surface area contributed by atoms with Crippen molar-refractivity contribution >= 4 is 5.91 Å². The Bertz CT molecular complexity index is 637. The zero-order chi connectivity index (χ0) is 15.2. The van der Waals surface area contributed by atoms with Crippen LogP contribution in [0.3, 0.4) is 0 Å². The fraction of sp³-hybridized carbons (Fsp3) is 0.316. The highest BCUT2D eigenvalue weighted by Gasteiger charge is 2.14. The van der Waals surface area contributed by atoms with Crippen LogP contribution in [0.4, 0.5) is 0 Å². The van der Waals surface area contributed by atoms with Crippen molar-refractivity contribution in [1.29, 1.82) is 0 Å². The summed E-state index contributed by atoms with van der Waals surface area (Å²) in [5.74, 6) is 0.782. The summed E-state index contributed by atoms with van der Waals surface area (Å²) in [6, 6.07) is 16.0. The fourth-order valence-electron chi connectivity index (χ4n) is 2.87. The number of nitrogens with one attached hydrogen (secondary N) is 1. The summed E-state index contributed by atoms with van der Waals surface area (Å²) in [7, 11) is 0. The molecular formula is C19H21NO2. The first kappa shape index (κ1) is 14.6. The highest BCUT2D eigenvalue weighted by molar-refractivity contribution is 5.77. The van der Waals surface area contributed by atoms with Gasteiger partial charge < -0.3 is 10.1 Å². The topological polar surface area (TPSA) is 38.3 Å². The van der Waals surface area contributed by atoms with Crippen molar-refractivity contribution in [2.45, 2.75) is 32.2 Å². The SMILES string of the molecule is O=C(COc1cccc2c1CCCC2)NCc1ccccc1. The van der Waals surface area contributed by atoms with Gasteiger partial charge in [-0.15, -0.1) is 0 Å². The molecule has 0 radical (unpaired) electrons. The Morgan fingerprint density at radius 3 is 2.68 bits per heavy atom. The van der Waals surface area contributed by atoms with Gasteiger partial charge in [0.25, 0.3) is 5.91 Å². The van der Waals surface area contributed by atoms with E-state index in [0.29, 0.717) is 6.54 Å². The van der Waals surface area contributed by atoms with Gasteiger partial charge in [0.1, 0.15) is 5.75 Å². The Balaban J connectivity index is 1.53. The van der Waals surface area contributed by atoms with Crippen LogP contribution in [-0.2, 0) is 24.2 Å². The lowest BCUT2D eigenvalue weighted by atomic mass is 9.91. The van der Waals surface area contributed by atoms with E-state index in [1.807, 2.05) is 42.5 Å². The van der Waals surface area contributed by atoms with E-state index in [9.17, 15) is 4.79 Å². The number of benzene rings is 2. The Kier molecular flexibility index (Phi) is 4.74. The summed E-state index contributed by atoms with van der Waals surface area (Å²) >= 11 is 0. The zero-order valence-electron chi connectivity index (χ0n) is 12.7. The van der Waals surface area contributed by atoms with Crippen molar-refractivity contribution in [1.82, 2.24) is 5.32 Å². The summed E-state index contributed by atoms with van der Waals surface area (Å²) in [4.78, 5) is 11.9. The lowest BCUT2D eigenvalue weighted by Gasteiger charge is -2.19. The molecule has 3 nitrogen and oxygen atoms in total. The Morgan fingerprint density at radius 2 is 1.82 bits per heavy atom. The molecule has 2 aromatic carbocycles. The van der Waals surface area contributed by atoms with Crippen molar-refractivity contribution in [2.24, 2.45) is 0 Å². The first-order valence-electron chi connectivity index (χ1n) is 7.87. The molecule has 0 fully saturated rings. The minimum Gasteiger partial charge on any atom is -0.483 e. The number of amides is 1. The first-order valence-corrected chi connectivity index (χ1v) is 7.87. The molecule has 0 saturated heterocycles. The van der Waals surface area contributed by atoms with Gasteiger partial charge >= 0.3 is 0 Å². The van der Waals surface area contributed by atoms with Gasteiger partial charge in [-0.2, -0.15) is 0 Å². The molecule has 0 aromatic heterocycles. The van der Waals surface area contributed by atoms with Crippen LogP contribution in [0.25, 0.3) is 0 Å². The lowest BCUT2D eigenvalue weighted by Crippen LogP contribution is -2.28. The number of carbonyl (C=O) groups is 1. The van der Waals surface area contributed by atoms with Crippen LogP contribution in [0.2, 0.25) is 0 Å². The van der Waals surface area contributed by atoms with Gasteiger partial charge in [0.2, 0.25) is 0 Å². The van der Waals surface area contributed by atoms with Gasteiger partial charge in [0.15, 0.2) is 6.61 Å². The summed E-state index contributed by atoms with van der Waals surface area (Å²) in [6.07, 6.45) is 4.62. The highest BCUT2D eigenvalue weighted by atomic mass is 16.5. The van der Waals surface area contributed by atoms with Crippen molar-refractivity contribution in [2.75, 3.05) is 6.61 Å². The van der Waals surface area contributed by atoms with Crippen molar-refractivity contribution < 1.29 is 9.53 Å². The maximum atomic E-state index is 11.9. The van der Waals surface area contributed by atoms with Crippen molar-refractivity contribution in [3.05, 3.63) is 65.2 Å². The molecule has 114 valence electrons. The van der Waals surface area contributed by atoms with E-state index >= 15 is 0 Å². The van der Waals surface area contributed by atoms with Crippen LogP contribution >= 0.6 is 0 Å². The molecule has 3 rings (SSSR count). The number of hydrogen-bond acceptors (Lipinski definition) is 2. The van der Waals surface area contributed by atoms with Crippen LogP contribution in [-0.4, -0.2) is 12.5 Å². The van der Waals surface area contributed by atoms with Gasteiger partial charge in [0.05, 0.1) is 0 Å². The van der Waals surface area contributed by atoms with Gasteiger partial charge in [-0.3, -0.25) is 4.79 Å². The van der Waals surface area contributed by atoms with Crippen LogP contribution in [0.15, 0.2) is 48.5 Å². The monoisotopic (exact) mass is 295 g/mol. The summed E-state index contributed by atoms with van der Waals surface area (Å²) in [6.45, 7) is 0.610. The quantitative estimate of drug-likeness (QED) is 0.919. The maximum absolute atomic E-state index is 11.9. The van der Waals surface area contributed by atoms with E-state index in [2.05, 4.69) is 11.4 Å². The predicted octanol–water partition coefficient (Wildman–Crippen LogP) is 3.26. The molecule has 1 aliphatic carbocycles. The summed E-state index contributed by atoms with van der Waals surface area (Å²) in [5, 5.41) is 2.89. The second-order valence-electron chi connectivity index (χ2n) is 5.65. The van der Waals surface area contributed by atoms with Gasteiger partial charge in [-0.05, 0) is 48.4 Å². The van der Waals surface area contributed by atoms with Crippen LogP contribution < -0.4 is 10.1 Å². The molecule has 0 unspecified atom stereocenters. The van der Waals surface area contributed by atoms with E-state index in [4.69, 9.17) is 4.74 Å². The molecule has 22 heavy (non-hydrogen) atoms. The lowest BCUT2D eigenvalue weighted by molar-refractivity contribution is -0.123. The Morgan fingerprint density at radius 1 is 1.00 bits per heavy atom. The Hall–Kier alpha value is -2.29. The van der Waals surface area contributed by atoms with Crippen molar-refractivity contribution in [3.8, 4) is 5.75 Å². The average molecular weight is 295 g/mol. The average Bonchev–Trinajstić information content (AvgIpc) is 2.59. The third kappa shape index (κ3) is 3.67. The molecule has 2 aromatic rings. The van der Waals surface area contributed by atoms with Crippen molar-refractivity contribution in [3.63, 3.8) is 0 Å². The number of aryl methyl sites for hydroxylation is 1. The molecule has 1 N–H and O–H groups in total. The highest BCUT2D eigenvalue weighted by Crippen LogP contribution is 2.29. The minimum absolute atomic E-state index is 0.0727. The molecule has 0 aliphatic heterocycles. The Labute approximate surface area is 131 Å². The predicted molar refractivity (Wildman–Crippen MR) is 86.9 cm³/mol. The minimum atomic E-state index is -0.0859. The molecule has 0 heterocycles. The maximum Gasteiger partial charge on any atom is 0.258 e. The molecule has 0 saturated carbocycles. The molecule has 3 heteroatoms. The number of carbonyl (C=O) groups excluding carboxylic acids is 1. The second-order valence-corrected chi connectivity index (χ2v) is 5.65. The summed E-state index contributed by atoms with van der Waals surface area (Å²) in [5.41, 5.74) is 3.74. The molecule has 1 amide bonds. The zero-order valence-corrected chi connectivity index (χ0v) is 12.7.